The lowest BCUT2D eigenvalue weighted by atomic mass is 9.95. The molecule has 2 N–H and O–H groups in total. The molecule has 0 aromatic heterocycles. The molecule has 2 aromatic rings. The van der Waals surface area contributed by atoms with Gasteiger partial charge in [-0.2, -0.15) is 0 Å². The lowest BCUT2D eigenvalue weighted by Gasteiger charge is -2.18. The van der Waals surface area contributed by atoms with Crippen LogP contribution in [-0.4, -0.2) is 30.0 Å². The van der Waals surface area contributed by atoms with Gasteiger partial charge in [-0.15, -0.1) is 0 Å². The van der Waals surface area contributed by atoms with E-state index in [4.69, 9.17) is 9.47 Å². The van der Waals surface area contributed by atoms with Crippen LogP contribution >= 0.6 is 0 Å². The number of Topliss-reactive ketones (excluding diaryl/α,β-unsaturated/α-hetero) is 1. The van der Waals surface area contributed by atoms with E-state index in [9.17, 15) is 14.7 Å². The molecular weight excluding hydrogens is 322 g/mol. The van der Waals surface area contributed by atoms with Crippen molar-refractivity contribution in [1.29, 1.82) is 0 Å². The van der Waals surface area contributed by atoms with Gasteiger partial charge in [0.15, 0.2) is 17.3 Å². The highest BCUT2D eigenvalue weighted by Crippen LogP contribution is 2.45. The van der Waals surface area contributed by atoms with Crippen molar-refractivity contribution in [3.05, 3.63) is 41.5 Å². The number of nitrogens with one attached hydrogen (secondary N) is 1. The Morgan fingerprint density at radius 3 is 2.60 bits per heavy atom. The van der Waals surface area contributed by atoms with Crippen molar-refractivity contribution >= 4 is 11.7 Å². The minimum Gasteiger partial charge on any atom is -0.504 e. The molecule has 2 aromatic carbocycles. The van der Waals surface area contributed by atoms with Crippen LogP contribution in [-0.2, 0) is 11.3 Å². The highest BCUT2D eigenvalue weighted by Gasteiger charge is 2.25. The van der Waals surface area contributed by atoms with Crippen LogP contribution in [0.15, 0.2) is 30.3 Å². The summed E-state index contributed by atoms with van der Waals surface area (Å²) in [7, 11) is 0. The fourth-order valence-corrected chi connectivity index (χ4v) is 2.87. The molecule has 0 fully saturated rings. The van der Waals surface area contributed by atoms with E-state index in [1.807, 2.05) is 6.07 Å². The van der Waals surface area contributed by atoms with Crippen molar-refractivity contribution in [2.75, 3.05) is 13.2 Å². The summed E-state index contributed by atoms with van der Waals surface area (Å²) in [5, 5.41) is 12.9. The monoisotopic (exact) mass is 341 g/mol. The molecule has 3 rings (SSSR count). The average molecular weight is 341 g/mol. The molecule has 0 bridgehead atoms. The molecule has 0 saturated carbocycles. The number of fused-ring (bicyclic) bond motifs is 1. The minimum absolute atomic E-state index is 0.0640. The summed E-state index contributed by atoms with van der Waals surface area (Å²) in [4.78, 5) is 23.3. The van der Waals surface area contributed by atoms with E-state index in [0.29, 0.717) is 30.0 Å². The normalized spacial score (nSPS) is 12.5. The van der Waals surface area contributed by atoms with Gasteiger partial charge in [0.25, 0.3) is 5.91 Å². The maximum atomic E-state index is 11.9. The summed E-state index contributed by atoms with van der Waals surface area (Å²) in [6.45, 7) is 3.83. The first-order valence-corrected chi connectivity index (χ1v) is 8.04. The van der Waals surface area contributed by atoms with Gasteiger partial charge in [-0.25, -0.2) is 0 Å². The largest absolute Gasteiger partial charge is 0.504 e. The van der Waals surface area contributed by atoms with Gasteiger partial charge in [0.05, 0.1) is 6.61 Å². The van der Waals surface area contributed by atoms with Crippen LogP contribution in [0, 0.1) is 0 Å². The van der Waals surface area contributed by atoms with Crippen LogP contribution in [0.25, 0.3) is 11.1 Å². The first-order valence-electron chi connectivity index (χ1n) is 8.04. The van der Waals surface area contributed by atoms with Crippen molar-refractivity contribution < 1.29 is 24.2 Å². The Balaban J connectivity index is 2.18. The molecule has 0 saturated heterocycles. The van der Waals surface area contributed by atoms with Gasteiger partial charge in [0.1, 0.15) is 6.61 Å². The Morgan fingerprint density at radius 2 is 1.88 bits per heavy atom. The van der Waals surface area contributed by atoms with E-state index < -0.39 is 0 Å². The van der Waals surface area contributed by atoms with Crippen LogP contribution in [0.5, 0.6) is 17.2 Å². The molecule has 0 unspecified atom stereocenters. The second-order valence-corrected chi connectivity index (χ2v) is 5.73. The van der Waals surface area contributed by atoms with E-state index in [1.165, 1.54) is 13.0 Å². The van der Waals surface area contributed by atoms with E-state index in [0.717, 1.165) is 11.1 Å². The number of benzene rings is 2. The Labute approximate surface area is 145 Å². The molecule has 130 valence electrons. The van der Waals surface area contributed by atoms with E-state index in [2.05, 4.69) is 5.32 Å². The molecular formula is C19H19NO5. The van der Waals surface area contributed by atoms with E-state index in [-0.39, 0.29) is 29.8 Å². The van der Waals surface area contributed by atoms with Crippen LogP contribution in [0.4, 0.5) is 0 Å². The fraction of sp³-hybridized carbons (Fsp3) is 0.263. The van der Waals surface area contributed by atoms with E-state index in [1.54, 1.807) is 25.1 Å². The Bertz CT molecular complexity index is 844. The smallest absolute Gasteiger partial charge is 0.251 e. The van der Waals surface area contributed by atoms with Gasteiger partial charge in [-0.1, -0.05) is 12.1 Å². The number of ketones is 1. The maximum absolute atomic E-state index is 11.9. The number of aromatic hydroxyl groups is 1. The Kier molecular flexibility index (Phi) is 4.61. The zero-order valence-electron chi connectivity index (χ0n) is 14.1. The second kappa shape index (κ2) is 6.84. The third-order valence-corrected chi connectivity index (χ3v) is 3.94. The molecule has 0 aliphatic carbocycles. The number of hydrogen-bond acceptors (Lipinski definition) is 5. The fourth-order valence-electron chi connectivity index (χ4n) is 2.87. The van der Waals surface area contributed by atoms with Crippen molar-refractivity contribution in [1.82, 2.24) is 5.32 Å². The van der Waals surface area contributed by atoms with Crippen molar-refractivity contribution in [3.63, 3.8) is 0 Å². The molecule has 1 heterocycles. The molecule has 1 aliphatic rings. The summed E-state index contributed by atoms with van der Waals surface area (Å²) in [6, 6.07) is 8.65. The lowest BCUT2D eigenvalue weighted by Crippen LogP contribution is -2.12. The maximum Gasteiger partial charge on any atom is 0.251 e. The highest BCUT2D eigenvalue weighted by atomic mass is 16.5. The first kappa shape index (κ1) is 16.8. The molecule has 25 heavy (non-hydrogen) atoms. The lowest BCUT2D eigenvalue weighted by molar-refractivity contribution is -0.118. The molecule has 1 amide bonds. The van der Waals surface area contributed by atoms with Gasteiger partial charge in [-0.3, -0.25) is 9.59 Å². The number of rotatable bonds is 6. The summed E-state index contributed by atoms with van der Waals surface area (Å²) in [5.41, 5.74) is 2.93. The van der Waals surface area contributed by atoms with Gasteiger partial charge in [0, 0.05) is 17.7 Å². The van der Waals surface area contributed by atoms with Crippen LogP contribution in [0.1, 0.15) is 29.8 Å². The molecule has 6 nitrogen and oxygen atoms in total. The highest BCUT2D eigenvalue weighted by molar-refractivity contribution is 6.01. The first-order chi connectivity index (χ1) is 12.0. The van der Waals surface area contributed by atoms with Crippen LogP contribution in [0.3, 0.4) is 0 Å². The summed E-state index contributed by atoms with van der Waals surface area (Å²) in [6.07, 6.45) is 0. The van der Waals surface area contributed by atoms with Crippen LogP contribution < -0.4 is 14.8 Å². The molecule has 0 atom stereocenters. The Morgan fingerprint density at radius 1 is 1.12 bits per heavy atom. The SMILES string of the molecule is CCOc1c(O)ccc(-c2cccc3c2CNC3=O)c1OCC(C)=O. The van der Waals surface area contributed by atoms with Crippen LogP contribution in [0.2, 0.25) is 0 Å². The number of carbonyl (C=O) groups is 2. The van der Waals surface area contributed by atoms with Crippen molar-refractivity contribution in [2.45, 2.75) is 20.4 Å². The predicted molar refractivity (Wildman–Crippen MR) is 92.1 cm³/mol. The standard InChI is InChI=1S/C19H19NO5/c1-3-24-18-16(22)8-7-13(17(18)25-10-11(2)21)12-5-4-6-14-15(12)9-20-19(14)23/h4-8,22H,3,9-10H2,1-2H3,(H,20,23). The van der Waals surface area contributed by atoms with Gasteiger partial charge < -0.3 is 19.9 Å². The predicted octanol–water partition coefficient (Wildman–Crippen LogP) is 2.67. The average Bonchev–Trinajstić information content (AvgIpc) is 2.97. The summed E-state index contributed by atoms with van der Waals surface area (Å²) < 4.78 is 11.2. The minimum atomic E-state index is -0.146. The Hall–Kier alpha value is -3.02. The molecule has 6 heteroatoms. The van der Waals surface area contributed by atoms with Gasteiger partial charge >= 0.3 is 0 Å². The number of ether oxygens (including phenoxy) is 2. The third-order valence-electron chi connectivity index (χ3n) is 3.94. The van der Waals surface area contributed by atoms with E-state index >= 15 is 0 Å². The topological polar surface area (TPSA) is 84.9 Å². The zero-order valence-corrected chi connectivity index (χ0v) is 14.1. The number of phenols is 1. The number of hydrogen-bond donors (Lipinski definition) is 2. The number of amides is 1. The molecule has 0 spiro atoms. The van der Waals surface area contributed by atoms with Gasteiger partial charge in [0.2, 0.25) is 5.75 Å². The third kappa shape index (κ3) is 3.15. The quantitative estimate of drug-likeness (QED) is 0.844. The number of carbonyl (C=O) groups excluding carboxylic acids is 2. The van der Waals surface area contributed by atoms with Crippen molar-refractivity contribution in [3.8, 4) is 28.4 Å². The second-order valence-electron chi connectivity index (χ2n) is 5.73. The summed E-state index contributed by atoms with van der Waals surface area (Å²) >= 11 is 0. The molecule has 1 aliphatic heterocycles. The van der Waals surface area contributed by atoms with Crippen molar-refractivity contribution in [2.24, 2.45) is 0 Å². The molecule has 0 radical (unpaired) electrons. The number of phenolic OH excluding ortho intramolecular Hbond substituents is 1. The zero-order chi connectivity index (χ0) is 18.0. The summed E-state index contributed by atoms with van der Waals surface area (Å²) in [5.74, 6) is 0.158. The van der Waals surface area contributed by atoms with Gasteiger partial charge in [-0.05, 0) is 43.2 Å².